The molecule has 0 radical (unpaired) electrons. The van der Waals surface area contributed by atoms with Crippen molar-refractivity contribution in [2.45, 2.75) is 30.6 Å². The van der Waals surface area contributed by atoms with Gasteiger partial charge >= 0.3 is 0 Å². The van der Waals surface area contributed by atoms with E-state index in [1.54, 1.807) is 0 Å². The molecule has 14 rings (SSSR count). The van der Waals surface area contributed by atoms with Gasteiger partial charge in [0.25, 0.3) is 0 Å². The van der Waals surface area contributed by atoms with Gasteiger partial charge in [-0.15, -0.1) is 0 Å². The summed E-state index contributed by atoms with van der Waals surface area (Å²) >= 11 is 0. The minimum atomic E-state index is -0.438. The zero-order valence-corrected chi connectivity index (χ0v) is 40.3. The quantitative estimate of drug-likeness (QED) is 0.138. The SMILES string of the molecule is CC1(C)c2ccccc2-c2cccc(C(c3cccc(-c4cccc5oc6ccccc6c45)c3)c3ccccc3-c3cccc(-c4ccc5c(c4)-c4ccccc4C5(c4ccccc4)c4ccccc4)c3)c21. The van der Waals surface area contributed by atoms with E-state index >= 15 is 0 Å². The van der Waals surface area contributed by atoms with Crippen molar-refractivity contribution in [3.63, 3.8) is 0 Å². The predicted octanol–water partition coefficient (Wildman–Crippen LogP) is 18.4. The molecule has 1 heterocycles. The first kappa shape index (κ1) is 42.1. The Morgan fingerprint density at radius 1 is 0.333 bits per heavy atom. The summed E-state index contributed by atoms with van der Waals surface area (Å²) in [4.78, 5) is 0. The number of para-hydroxylation sites is 1. The molecule has 12 aromatic rings. The van der Waals surface area contributed by atoms with Crippen LogP contribution < -0.4 is 0 Å². The zero-order chi connectivity index (χ0) is 48.0. The molecule has 11 aromatic carbocycles. The molecule has 0 spiro atoms. The molecule has 1 atom stereocenters. The highest BCUT2D eigenvalue weighted by Gasteiger charge is 2.46. The molecule has 0 saturated heterocycles. The van der Waals surface area contributed by atoms with E-state index in [0.717, 1.165) is 21.9 Å². The fourth-order valence-electron chi connectivity index (χ4n) is 13.1. The van der Waals surface area contributed by atoms with Crippen LogP contribution >= 0.6 is 0 Å². The topological polar surface area (TPSA) is 13.1 Å². The van der Waals surface area contributed by atoms with Crippen molar-refractivity contribution in [2.24, 2.45) is 0 Å². The second-order valence-corrected chi connectivity index (χ2v) is 20.2. The normalized spacial score (nSPS) is 14.1. The highest BCUT2D eigenvalue weighted by molar-refractivity contribution is 6.12. The molecule has 1 aromatic heterocycles. The average molecular weight is 919 g/mol. The second-order valence-electron chi connectivity index (χ2n) is 20.2. The van der Waals surface area contributed by atoms with Crippen molar-refractivity contribution < 1.29 is 4.42 Å². The summed E-state index contributed by atoms with van der Waals surface area (Å²) in [7, 11) is 0. The Balaban J connectivity index is 0.944. The van der Waals surface area contributed by atoms with Gasteiger partial charge < -0.3 is 4.42 Å². The van der Waals surface area contributed by atoms with E-state index in [0.29, 0.717) is 0 Å². The van der Waals surface area contributed by atoms with Gasteiger partial charge in [0, 0.05) is 22.1 Å². The number of hydrogen-bond donors (Lipinski definition) is 0. The number of benzene rings is 11. The van der Waals surface area contributed by atoms with Gasteiger partial charge in [-0.05, 0) is 130 Å². The van der Waals surface area contributed by atoms with Crippen LogP contribution in [-0.2, 0) is 10.8 Å². The fraction of sp³-hybridized carbons (Fsp3) is 0.0704. The third-order valence-corrected chi connectivity index (χ3v) is 16.1. The number of furan rings is 1. The molecule has 0 fully saturated rings. The molecule has 1 unspecified atom stereocenters. The van der Waals surface area contributed by atoms with E-state index in [1.807, 2.05) is 6.07 Å². The van der Waals surface area contributed by atoms with Gasteiger partial charge in [0.15, 0.2) is 0 Å². The Hall–Kier alpha value is -8.78. The second kappa shape index (κ2) is 16.4. The first-order valence-electron chi connectivity index (χ1n) is 25.3. The largest absolute Gasteiger partial charge is 0.456 e. The lowest BCUT2D eigenvalue weighted by Gasteiger charge is -2.33. The highest BCUT2D eigenvalue weighted by Crippen LogP contribution is 2.57. The van der Waals surface area contributed by atoms with Gasteiger partial charge in [0.2, 0.25) is 0 Å². The summed E-state index contributed by atoms with van der Waals surface area (Å²) in [5, 5.41) is 2.28. The number of fused-ring (bicyclic) bond motifs is 9. The Morgan fingerprint density at radius 3 is 1.65 bits per heavy atom. The molecule has 0 amide bonds. The standard InChI is InChI=1S/C71H50O/c1-70(2)62-37-14-11-30-55(62)58-35-19-36-60(69(58)70)67(50-24-18-23-49(44-50)54-34-20-40-66-68(54)59-33-13-16-39-65(59)72-66)57-32-10-9-29-53(57)48-22-17-21-46(43-48)47-41-42-64-61(45-47)56-31-12-15-38-63(56)71(64,51-25-5-3-6-26-51)52-27-7-4-8-28-52/h3-45,67H,1-2H3. The van der Waals surface area contributed by atoms with Gasteiger partial charge in [0.05, 0.1) is 5.41 Å². The van der Waals surface area contributed by atoms with Crippen LogP contribution in [0.4, 0.5) is 0 Å². The maximum atomic E-state index is 6.42. The van der Waals surface area contributed by atoms with Crippen molar-refractivity contribution in [3.8, 4) is 55.6 Å². The average Bonchev–Trinajstić information content (AvgIpc) is 4.05. The predicted molar refractivity (Wildman–Crippen MR) is 299 cm³/mol. The molecule has 0 bridgehead atoms. The van der Waals surface area contributed by atoms with Gasteiger partial charge in [-0.25, -0.2) is 0 Å². The van der Waals surface area contributed by atoms with Gasteiger partial charge in [-0.1, -0.05) is 250 Å². The first-order valence-corrected chi connectivity index (χ1v) is 25.3. The molecule has 2 aliphatic rings. The Kier molecular flexibility index (Phi) is 9.60. The lowest BCUT2D eigenvalue weighted by atomic mass is 9.67. The first-order chi connectivity index (χ1) is 35.5. The van der Waals surface area contributed by atoms with E-state index in [-0.39, 0.29) is 11.3 Å². The van der Waals surface area contributed by atoms with E-state index in [1.165, 1.54) is 106 Å². The minimum Gasteiger partial charge on any atom is -0.456 e. The molecule has 2 aliphatic carbocycles. The summed E-state index contributed by atoms with van der Waals surface area (Å²) in [5.41, 5.74) is 25.3. The summed E-state index contributed by atoms with van der Waals surface area (Å²) in [6.07, 6.45) is 0. The summed E-state index contributed by atoms with van der Waals surface area (Å²) < 4.78 is 6.42. The van der Waals surface area contributed by atoms with Crippen LogP contribution in [0.2, 0.25) is 0 Å². The number of rotatable bonds is 8. The molecular formula is C71H50O. The fourth-order valence-corrected chi connectivity index (χ4v) is 13.1. The van der Waals surface area contributed by atoms with E-state index < -0.39 is 5.41 Å². The monoisotopic (exact) mass is 918 g/mol. The van der Waals surface area contributed by atoms with Crippen LogP contribution in [0, 0.1) is 0 Å². The van der Waals surface area contributed by atoms with Crippen molar-refractivity contribution in [1.29, 1.82) is 0 Å². The molecular weight excluding hydrogens is 869 g/mol. The summed E-state index contributed by atoms with van der Waals surface area (Å²) in [5.74, 6) is -0.0887. The van der Waals surface area contributed by atoms with Gasteiger partial charge in [-0.2, -0.15) is 0 Å². The van der Waals surface area contributed by atoms with Crippen molar-refractivity contribution >= 4 is 21.9 Å². The van der Waals surface area contributed by atoms with Crippen LogP contribution in [-0.4, -0.2) is 0 Å². The molecule has 340 valence electrons. The third-order valence-electron chi connectivity index (χ3n) is 16.1. The summed E-state index contributed by atoms with van der Waals surface area (Å²) in [6.45, 7) is 4.82. The van der Waals surface area contributed by atoms with Crippen LogP contribution in [0.5, 0.6) is 0 Å². The number of hydrogen-bond acceptors (Lipinski definition) is 1. The molecule has 1 heteroatoms. The van der Waals surface area contributed by atoms with Crippen LogP contribution in [0.1, 0.15) is 69.8 Å². The summed E-state index contributed by atoms with van der Waals surface area (Å²) in [6, 6.07) is 96.9. The molecule has 0 aliphatic heterocycles. The van der Waals surface area contributed by atoms with E-state index in [9.17, 15) is 0 Å². The van der Waals surface area contributed by atoms with E-state index in [2.05, 4.69) is 269 Å². The molecule has 72 heavy (non-hydrogen) atoms. The van der Waals surface area contributed by atoms with Crippen molar-refractivity contribution in [3.05, 3.63) is 311 Å². The van der Waals surface area contributed by atoms with Crippen LogP contribution in [0.3, 0.4) is 0 Å². The lowest BCUT2D eigenvalue weighted by Crippen LogP contribution is -2.28. The lowest BCUT2D eigenvalue weighted by molar-refractivity contribution is 0.648. The van der Waals surface area contributed by atoms with Crippen LogP contribution in [0.15, 0.2) is 265 Å². The maximum absolute atomic E-state index is 6.42. The minimum absolute atomic E-state index is 0.0887. The van der Waals surface area contributed by atoms with Crippen LogP contribution in [0.25, 0.3) is 77.6 Å². The Morgan fingerprint density at radius 2 is 0.861 bits per heavy atom. The van der Waals surface area contributed by atoms with Gasteiger partial charge in [0.1, 0.15) is 11.2 Å². The smallest absolute Gasteiger partial charge is 0.136 e. The Labute approximate surface area is 421 Å². The van der Waals surface area contributed by atoms with Gasteiger partial charge in [-0.3, -0.25) is 0 Å². The molecule has 1 nitrogen and oxygen atoms in total. The third kappa shape index (κ3) is 6.27. The van der Waals surface area contributed by atoms with E-state index in [4.69, 9.17) is 4.42 Å². The van der Waals surface area contributed by atoms with Crippen molar-refractivity contribution in [1.82, 2.24) is 0 Å². The zero-order valence-electron chi connectivity index (χ0n) is 40.3. The van der Waals surface area contributed by atoms with Crippen molar-refractivity contribution in [2.75, 3.05) is 0 Å². The molecule has 0 saturated carbocycles. The highest BCUT2D eigenvalue weighted by atomic mass is 16.3. The molecule has 0 N–H and O–H groups in total. The Bertz CT molecular complexity index is 4040. The maximum Gasteiger partial charge on any atom is 0.136 e.